The van der Waals surface area contributed by atoms with Gasteiger partial charge < -0.3 is 15.6 Å². The van der Waals surface area contributed by atoms with E-state index in [-0.39, 0.29) is 24.1 Å². The minimum atomic E-state index is -0.120. The number of amides is 1. The number of rotatable bonds is 7. The molecule has 0 unspecified atom stereocenters. The molecule has 5 nitrogen and oxygen atoms in total. The smallest absolute Gasteiger partial charge is 0.268 e. The van der Waals surface area contributed by atoms with Gasteiger partial charge in [0.15, 0.2) is 5.78 Å². The van der Waals surface area contributed by atoms with Crippen LogP contribution in [0.5, 0.6) is 0 Å². The van der Waals surface area contributed by atoms with Crippen molar-refractivity contribution in [2.45, 2.75) is 71.8 Å². The molecule has 0 bridgehead atoms. The molecule has 0 spiro atoms. The van der Waals surface area contributed by atoms with Gasteiger partial charge in [0.2, 0.25) is 0 Å². The third-order valence-electron chi connectivity index (χ3n) is 4.92. The number of nitrogens with one attached hydrogen (secondary N) is 3. The van der Waals surface area contributed by atoms with Crippen LogP contribution < -0.4 is 10.6 Å². The van der Waals surface area contributed by atoms with E-state index in [4.69, 9.17) is 0 Å². The summed E-state index contributed by atoms with van der Waals surface area (Å²) in [6.45, 7) is 6.76. The van der Waals surface area contributed by atoms with Gasteiger partial charge >= 0.3 is 0 Å². The summed E-state index contributed by atoms with van der Waals surface area (Å²) < 4.78 is 0. The van der Waals surface area contributed by atoms with Crippen molar-refractivity contribution < 1.29 is 9.59 Å². The molecule has 3 N–H and O–H groups in total. The monoisotopic (exact) mass is 369 g/mol. The SMILES string of the molecule is CCc1c(C(=O)NCCNC2CCCCCC2)[nH]c(C)c1C(C)=O.Cl. The predicted octanol–water partition coefficient (Wildman–Crippen LogP) is 3.55. The summed E-state index contributed by atoms with van der Waals surface area (Å²) >= 11 is 0. The van der Waals surface area contributed by atoms with E-state index >= 15 is 0 Å². The molecular weight excluding hydrogens is 338 g/mol. The van der Waals surface area contributed by atoms with E-state index in [0.717, 1.165) is 17.8 Å². The van der Waals surface area contributed by atoms with E-state index in [1.165, 1.54) is 38.5 Å². The molecule has 0 radical (unpaired) electrons. The number of H-pyrrole nitrogens is 1. The zero-order valence-electron chi connectivity index (χ0n) is 15.7. The number of ketones is 1. The van der Waals surface area contributed by atoms with Crippen molar-refractivity contribution in [2.75, 3.05) is 13.1 Å². The van der Waals surface area contributed by atoms with Crippen molar-refractivity contribution in [3.05, 3.63) is 22.5 Å². The molecule has 0 aliphatic heterocycles. The molecule has 1 aliphatic carbocycles. The number of carbonyl (C=O) groups excluding carboxylic acids is 2. The third kappa shape index (κ3) is 5.86. The van der Waals surface area contributed by atoms with Crippen molar-refractivity contribution in [1.29, 1.82) is 0 Å². The van der Waals surface area contributed by atoms with Gasteiger partial charge in [-0.25, -0.2) is 0 Å². The lowest BCUT2D eigenvalue weighted by Crippen LogP contribution is -2.37. The van der Waals surface area contributed by atoms with Crippen molar-refractivity contribution >= 4 is 24.1 Å². The van der Waals surface area contributed by atoms with E-state index in [1.807, 2.05) is 13.8 Å². The summed E-state index contributed by atoms with van der Waals surface area (Å²) in [6, 6.07) is 0.590. The zero-order chi connectivity index (χ0) is 17.5. The second-order valence-corrected chi connectivity index (χ2v) is 6.79. The van der Waals surface area contributed by atoms with Gasteiger partial charge in [-0.1, -0.05) is 32.6 Å². The lowest BCUT2D eigenvalue weighted by molar-refractivity contribution is 0.0948. The minimum absolute atomic E-state index is 0. The summed E-state index contributed by atoms with van der Waals surface area (Å²) in [5.74, 6) is -0.111. The van der Waals surface area contributed by atoms with Crippen LogP contribution in [0.4, 0.5) is 0 Å². The van der Waals surface area contributed by atoms with Crippen LogP contribution >= 0.6 is 12.4 Å². The maximum atomic E-state index is 12.4. The fourth-order valence-electron chi connectivity index (χ4n) is 3.72. The number of aromatic nitrogens is 1. The average Bonchev–Trinajstić information content (AvgIpc) is 2.72. The Bertz CT molecular complexity index is 575. The van der Waals surface area contributed by atoms with Crippen molar-refractivity contribution in [2.24, 2.45) is 0 Å². The standard InChI is InChI=1S/C19H31N3O2.ClH/c1-4-16-17(14(3)23)13(2)22-18(16)19(24)21-12-11-20-15-9-7-5-6-8-10-15;/h15,20,22H,4-12H2,1-3H3,(H,21,24);1H. The molecule has 1 heterocycles. The summed E-state index contributed by atoms with van der Waals surface area (Å²) in [7, 11) is 0. The molecular formula is C19H32ClN3O2. The first-order valence-corrected chi connectivity index (χ1v) is 9.28. The molecule has 1 saturated carbocycles. The molecule has 1 amide bonds. The number of hydrogen-bond donors (Lipinski definition) is 3. The highest BCUT2D eigenvalue weighted by Gasteiger charge is 2.21. The van der Waals surface area contributed by atoms with Gasteiger partial charge in [0.05, 0.1) is 0 Å². The number of Topliss-reactive ketones (excluding diaryl/α,β-unsaturated/α-hetero) is 1. The fourth-order valence-corrected chi connectivity index (χ4v) is 3.72. The molecule has 1 aliphatic rings. The number of carbonyl (C=O) groups is 2. The summed E-state index contributed by atoms with van der Waals surface area (Å²) in [5, 5.41) is 6.52. The lowest BCUT2D eigenvalue weighted by atomic mass is 10.0. The van der Waals surface area contributed by atoms with Gasteiger partial charge in [-0.2, -0.15) is 0 Å². The van der Waals surface area contributed by atoms with Gasteiger partial charge in [-0.05, 0) is 38.7 Å². The zero-order valence-corrected chi connectivity index (χ0v) is 16.5. The molecule has 1 fully saturated rings. The second-order valence-electron chi connectivity index (χ2n) is 6.79. The topological polar surface area (TPSA) is 74.0 Å². The Morgan fingerprint density at radius 3 is 2.32 bits per heavy atom. The van der Waals surface area contributed by atoms with Crippen molar-refractivity contribution in [3.63, 3.8) is 0 Å². The Labute approximate surface area is 157 Å². The van der Waals surface area contributed by atoms with E-state index < -0.39 is 0 Å². The third-order valence-corrected chi connectivity index (χ3v) is 4.92. The summed E-state index contributed by atoms with van der Waals surface area (Å²) in [4.78, 5) is 27.3. The van der Waals surface area contributed by atoms with Crippen molar-refractivity contribution in [3.8, 4) is 0 Å². The van der Waals surface area contributed by atoms with E-state index in [1.54, 1.807) is 6.92 Å². The van der Waals surface area contributed by atoms with Gasteiger partial charge in [0.1, 0.15) is 5.69 Å². The van der Waals surface area contributed by atoms with Crippen molar-refractivity contribution in [1.82, 2.24) is 15.6 Å². The molecule has 142 valence electrons. The second kappa shape index (κ2) is 10.6. The largest absolute Gasteiger partial charge is 0.354 e. The maximum absolute atomic E-state index is 12.4. The first-order valence-electron chi connectivity index (χ1n) is 9.28. The number of aryl methyl sites for hydroxylation is 1. The number of aromatic amines is 1. The van der Waals surface area contributed by atoms with Gasteiger partial charge in [0.25, 0.3) is 5.91 Å². The Morgan fingerprint density at radius 1 is 1.12 bits per heavy atom. The number of halogens is 1. The quantitative estimate of drug-likeness (QED) is 0.391. The molecule has 0 aromatic carbocycles. The van der Waals surface area contributed by atoms with E-state index in [9.17, 15) is 9.59 Å². The van der Waals surface area contributed by atoms with Crippen LogP contribution in [0.15, 0.2) is 0 Å². The lowest BCUT2D eigenvalue weighted by Gasteiger charge is -2.16. The molecule has 2 rings (SSSR count). The molecule has 25 heavy (non-hydrogen) atoms. The highest BCUT2D eigenvalue weighted by molar-refractivity contribution is 6.02. The van der Waals surface area contributed by atoms with Crippen LogP contribution in [-0.2, 0) is 6.42 Å². The minimum Gasteiger partial charge on any atom is -0.354 e. The van der Waals surface area contributed by atoms with E-state index in [0.29, 0.717) is 30.3 Å². The Balaban J connectivity index is 0.00000312. The van der Waals surface area contributed by atoms with Crippen LogP contribution in [0.3, 0.4) is 0 Å². The van der Waals surface area contributed by atoms with E-state index in [2.05, 4.69) is 15.6 Å². The first-order chi connectivity index (χ1) is 11.5. The molecule has 1 aromatic rings. The highest BCUT2D eigenvalue weighted by Crippen LogP contribution is 2.20. The van der Waals surface area contributed by atoms with Crippen LogP contribution in [0.2, 0.25) is 0 Å². The fraction of sp³-hybridized carbons (Fsp3) is 0.684. The Morgan fingerprint density at radius 2 is 1.76 bits per heavy atom. The Hall–Kier alpha value is -1.33. The highest BCUT2D eigenvalue weighted by atomic mass is 35.5. The van der Waals surface area contributed by atoms with Gasteiger partial charge in [-0.3, -0.25) is 9.59 Å². The van der Waals surface area contributed by atoms with Crippen LogP contribution in [-0.4, -0.2) is 35.8 Å². The Kier molecular flexibility index (Phi) is 9.22. The predicted molar refractivity (Wildman–Crippen MR) is 104 cm³/mol. The molecule has 0 saturated heterocycles. The summed E-state index contributed by atoms with van der Waals surface area (Å²) in [5.41, 5.74) is 2.81. The van der Waals surface area contributed by atoms with Crippen LogP contribution in [0.25, 0.3) is 0 Å². The van der Waals surface area contributed by atoms with Crippen LogP contribution in [0, 0.1) is 6.92 Å². The molecule has 1 aromatic heterocycles. The van der Waals surface area contributed by atoms with Gasteiger partial charge in [-0.15, -0.1) is 12.4 Å². The molecule has 6 heteroatoms. The number of hydrogen-bond acceptors (Lipinski definition) is 3. The maximum Gasteiger partial charge on any atom is 0.268 e. The van der Waals surface area contributed by atoms with Crippen LogP contribution in [0.1, 0.15) is 84.5 Å². The molecule has 0 atom stereocenters. The first kappa shape index (κ1) is 21.7. The summed E-state index contributed by atoms with van der Waals surface area (Å²) in [6.07, 6.45) is 8.46. The normalized spacial score (nSPS) is 15.3. The van der Waals surface area contributed by atoms with Gasteiger partial charge in [0, 0.05) is 30.4 Å². The average molecular weight is 370 g/mol.